The van der Waals surface area contributed by atoms with E-state index in [1.807, 2.05) is 6.92 Å². The molecule has 20 heavy (non-hydrogen) atoms. The summed E-state index contributed by atoms with van der Waals surface area (Å²) in [6.07, 6.45) is 5.66. The van der Waals surface area contributed by atoms with Crippen LogP contribution in [-0.2, 0) is 16.0 Å². The monoisotopic (exact) mass is 278 g/mol. The van der Waals surface area contributed by atoms with Gasteiger partial charge < -0.3 is 4.74 Å². The van der Waals surface area contributed by atoms with Gasteiger partial charge in [-0.3, -0.25) is 4.79 Å². The number of ether oxygens (including phenoxy) is 1. The number of benzene rings is 1. The van der Waals surface area contributed by atoms with Gasteiger partial charge in [-0.2, -0.15) is 0 Å². The molecular weight excluding hydrogens is 255 g/mol. The molecule has 0 heterocycles. The zero-order valence-electron chi connectivity index (χ0n) is 12.3. The SMILES string of the molecule is COC(C(=O)Cc1cc(F)ccc1C)C1CCCCC1. The summed E-state index contributed by atoms with van der Waals surface area (Å²) in [5, 5.41) is 0. The first-order chi connectivity index (χ1) is 9.61. The van der Waals surface area contributed by atoms with Crippen molar-refractivity contribution in [1.82, 2.24) is 0 Å². The van der Waals surface area contributed by atoms with Crippen molar-refractivity contribution in [3.05, 3.63) is 35.1 Å². The van der Waals surface area contributed by atoms with E-state index in [1.54, 1.807) is 13.2 Å². The molecule has 0 radical (unpaired) electrons. The molecule has 3 heteroatoms. The molecule has 1 aliphatic carbocycles. The zero-order valence-corrected chi connectivity index (χ0v) is 12.3. The molecule has 1 aromatic rings. The Morgan fingerprint density at radius 1 is 1.35 bits per heavy atom. The highest BCUT2D eigenvalue weighted by molar-refractivity contribution is 5.85. The second-order valence-electron chi connectivity index (χ2n) is 5.77. The fourth-order valence-corrected chi connectivity index (χ4v) is 3.14. The van der Waals surface area contributed by atoms with E-state index in [0.717, 1.165) is 24.0 Å². The number of hydrogen-bond donors (Lipinski definition) is 0. The standard InChI is InChI=1S/C17H23FO2/c1-12-8-9-15(18)10-14(12)11-16(19)17(20-2)13-6-4-3-5-7-13/h8-10,13,17H,3-7,11H2,1-2H3. The van der Waals surface area contributed by atoms with Gasteiger partial charge in [-0.1, -0.05) is 25.3 Å². The molecule has 2 nitrogen and oxygen atoms in total. The highest BCUT2D eigenvalue weighted by Crippen LogP contribution is 2.29. The molecular formula is C17H23FO2. The zero-order chi connectivity index (χ0) is 14.5. The largest absolute Gasteiger partial charge is 0.373 e. The Kier molecular flexibility index (Phi) is 5.30. The Morgan fingerprint density at radius 2 is 2.05 bits per heavy atom. The molecule has 1 aromatic carbocycles. The summed E-state index contributed by atoms with van der Waals surface area (Å²) in [6, 6.07) is 4.61. The molecule has 1 saturated carbocycles. The molecule has 0 bridgehead atoms. The van der Waals surface area contributed by atoms with Crippen LogP contribution >= 0.6 is 0 Å². The predicted molar refractivity (Wildman–Crippen MR) is 77.2 cm³/mol. The van der Waals surface area contributed by atoms with Crippen molar-refractivity contribution in [2.45, 2.75) is 51.6 Å². The Bertz CT molecular complexity index is 464. The maximum Gasteiger partial charge on any atom is 0.166 e. The second-order valence-corrected chi connectivity index (χ2v) is 5.77. The maximum atomic E-state index is 13.3. The van der Waals surface area contributed by atoms with E-state index in [4.69, 9.17) is 4.74 Å². The van der Waals surface area contributed by atoms with Gasteiger partial charge in [-0.15, -0.1) is 0 Å². The third kappa shape index (κ3) is 3.66. The number of Topliss-reactive ketones (excluding diaryl/α,β-unsaturated/α-hetero) is 1. The quantitative estimate of drug-likeness (QED) is 0.818. The molecule has 2 rings (SSSR count). The summed E-state index contributed by atoms with van der Waals surface area (Å²) in [7, 11) is 1.61. The van der Waals surface area contributed by atoms with Crippen LogP contribution in [0.25, 0.3) is 0 Å². The minimum Gasteiger partial charge on any atom is -0.373 e. The topological polar surface area (TPSA) is 26.3 Å². The van der Waals surface area contributed by atoms with Gasteiger partial charge in [0, 0.05) is 13.5 Å². The molecule has 1 unspecified atom stereocenters. The molecule has 0 aromatic heterocycles. The first-order valence-electron chi connectivity index (χ1n) is 7.42. The van der Waals surface area contributed by atoms with Crippen molar-refractivity contribution >= 4 is 5.78 Å². The fourth-order valence-electron chi connectivity index (χ4n) is 3.14. The van der Waals surface area contributed by atoms with Gasteiger partial charge in [-0.05, 0) is 48.9 Å². The van der Waals surface area contributed by atoms with E-state index >= 15 is 0 Å². The highest BCUT2D eigenvalue weighted by atomic mass is 19.1. The normalized spacial score (nSPS) is 17.9. The van der Waals surface area contributed by atoms with Crippen molar-refractivity contribution in [3.63, 3.8) is 0 Å². The lowest BCUT2D eigenvalue weighted by atomic mass is 9.82. The maximum absolute atomic E-state index is 13.3. The molecule has 1 fully saturated rings. The molecule has 110 valence electrons. The van der Waals surface area contributed by atoms with E-state index in [0.29, 0.717) is 5.92 Å². The fraction of sp³-hybridized carbons (Fsp3) is 0.588. The molecule has 0 aliphatic heterocycles. The third-order valence-corrected chi connectivity index (χ3v) is 4.33. The van der Waals surface area contributed by atoms with Gasteiger partial charge in [-0.25, -0.2) is 4.39 Å². The smallest absolute Gasteiger partial charge is 0.166 e. The van der Waals surface area contributed by atoms with Crippen LogP contribution in [0.5, 0.6) is 0 Å². The van der Waals surface area contributed by atoms with Crippen molar-refractivity contribution in [2.75, 3.05) is 7.11 Å². The average molecular weight is 278 g/mol. The second kappa shape index (κ2) is 6.98. The van der Waals surface area contributed by atoms with Gasteiger partial charge in [0.2, 0.25) is 0 Å². The number of hydrogen-bond acceptors (Lipinski definition) is 2. The average Bonchev–Trinajstić information content (AvgIpc) is 2.45. The number of carbonyl (C=O) groups is 1. The molecule has 1 aliphatic rings. The molecule has 0 N–H and O–H groups in total. The van der Waals surface area contributed by atoms with Gasteiger partial charge in [0.15, 0.2) is 5.78 Å². The number of ketones is 1. The van der Waals surface area contributed by atoms with E-state index < -0.39 is 0 Å². The van der Waals surface area contributed by atoms with Crippen molar-refractivity contribution in [3.8, 4) is 0 Å². The predicted octanol–water partition coefficient (Wildman–Crippen LogP) is 3.84. The number of halogens is 1. The summed E-state index contributed by atoms with van der Waals surface area (Å²) >= 11 is 0. The lowest BCUT2D eigenvalue weighted by molar-refractivity contribution is -0.132. The first kappa shape index (κ1) is 15.2. The van der Waals surface area contributed by atoms with Crippen LogP contribution < -0.4 is 0 Å². The van der Waals surface area contributed by atoms with E-state index in [9.17, 15) is 9.18 Å². The van der Waals surface area contributed by atoms with Crippen LogP contribution in [0.4, 0.5) is 4.39 Å². The lowest BCUT2D eigenvalue weighted by Gasteiger charge is -2.28. The number of carbonyl (C=O) groups excluding carboxylic acids is 1. The number of rotatable bonds is 5. The van der Waals surface area contributed by atoms with E-state index in [1.165, 1.54) is 31.4 Å². The van der Waals surface area contributed by atoms with Gasteiger partial charge in [0.05, 0.1) is 0 Å². The van der Waals surface area contributed by atoms with Crippen LogP contribution in [0.2, 0.25) is 0 Å². The van der Waals surface area contributed by atoms with Crippen molar-refractivity contribution in [2.24, 2.45) is 5.92 Å². The summed E-state index contributed by atoms with van der Waals surface area (Å²) in [6.45, 7) is 1.91. The Labute approximate surface area is 120 Å². The number of methoxy groups -OCH3 is 1. The van der Waals surface area contributed by atoms with Crippen LogP contribution in [0.15, 0.2) is 18.2 Å². The third-order valence-electron chi connectivity index (χ3n) is 4.33. The first-order valence-corrected chi connectivity index (χ1v) is 7.42. The summed E-state index contributed by atoms with van der Waals surface area (Å²) in [5.41, 5.74) is 1.73. The lowest BCUT2D eigenvalue weighted by Crippen LogP contribution is -2.34. The van der Waals surface area contributed by atoms with Crippen LogP contribution in [0.3, 0.4) is 0 Å². The van der Waals surface area contributed by atoms with Gasteiger partial charge in [0.25, 0.3) is 0 Å². The molecule has 0 spiro atoms. The minimum absolute atomic E-state index is 0.0769. The van der Waals surface area contributed by atoms with Crippen LogP contribution in [0.1, 0.15) is 43.2 Å². The van der Waals surface area contributed by atoms with Crippen molar-refractivity contribution in [1.29, 1.82) is 0 Å². The van der Waals surface area contributed by atoms with Crippen LogP contribution in [-0.4, -0.2) is 19.0 Å². The molecule has 1 atom stereocenters. The Hall–Kier alpha value is -1.22. The Morgan fingerprint density at radius 3 is 2.70 bits per heavy atom. The minimum atomic E-state index is -0.335. The summed E-state index contributed by atoms with van der Waals surface area (Å²) in [5.74, 6) is 0.119. The highest BCUT2D eigenvalue weighted by Gasteiger charge is 2.29. The van der Waals surface area contributed by atoms with Gasteiger partial charge >= 0.3 is 0 Å². The van der Waals surface area contributed by atoms with Crippen molar-refractivity contribution < 1.29 is 13.9 Å². The van der Waals surface area contributed by atoms with E-state index in [-0.39, 0.29) is 24.1 Å². The molecule has 0 saturated heterocycles. The molecule has 0 amide bonds. The van der Waals surface area contributed by atoms with Gasteiger partial charge in [0.1, 0.15) is 11.9 Å². The summed E-state index contributed by atoms with van der Waals surface area (Å²) < 4.78 is 18.7. The Balaban J connectivity index is 2.06. The van der Waals surface area contributed by atoms with Crippen LogP contribution in [0, 0.1) is 18.7 Å². The number of aryl methyl sites for hydroxylation is 1. The van der Waals surface area contributed by atoms with E-state index in [2.05, 4.69) is 0 Å². The summed E-state index contributed by atoms with van der Waals surface area (Å²) in [4.78, 5) is 12.5.